The van der Waals surface area contributed by atoms with Gasteiger partial charge in [0.1, 0.15) is 0 Å². The van der Waals surface area contributed by atoms with Crippen LogP contribution in [-0.2, 0) is 10.0 Å². The molecule has 0 radical (unpaired) electrons. The zero-order chi connectivity index (χ0) is 22.1. The predicted molar refractivity (Wildman–Crippen MR) is 126 cm³/mol. The van der Waals surface area contributed by atoms with Crippen LogP contribution in [0.4, 0.5) is 11.4 Å². The molecule has 0 fully saturated rings. The number of nitrogens with one attached hydrogen (secondary N) is 1. The second kappa shape index (κ2) is 8.44. The summed E-state index contributed by atoms with van der Waals surface area (Å²) >= 11 is 0. The van der Waals surface area contributed by atoms with Crippen LogP contribution in [0.3, 0.4) is 0 Å². The molecule has 0 atom stereocenters. The molecule has 3 aromatic rings. The third-order valence-electron chi connectivity index (χ3n) is 5.14. The van der Waals surface area contributed by atoms with Crippen molar-refractivity contribution in [2.45, 2.75) is 46.4 Å². The van der Waals surface area contributed by atoms with E-state index in [0.29, 0.717) is 11.4 Å². The van der Waals surface area contributed by atoms with Crippen molar-refractivity contribution in [1.82, 2.24) is 0 Å². The molecule has 3 aromatic carbocycles. The summed E-state index contributed by atoms with van der Waals surface area (Å²) < 4.78 is 28.4. The molecule has 0 spiro atoms. The van der Waals surface area contributed by atoms with Crippen LogP contribution < -0.4 is 4.72 Å². The molecule has 0 aromatic heterocycles. The average Bonchev–Trinajstić information content (AvgIpc) is 2.64. The van der Waals surface area contributed by atoms with Crippen molar-refractivity contribution >= 4 is 27.6 Å². The highest BCUT2D eigenvalue weighted by atomic mass is 32.2. The van der Waals surface area contributed by atoms with Gasteiger partial charge in [-0.25, -0.2) is 8.42 Å². The average molecular weight is 421 g/mol. The van der Waals surface area contributed by atoms with E-state index in [4.69, 9.17) is 0 Å². The van der Waals surface area contributed by atoms with Gasteiger partial charge in [-0.2, -0.15) is 0 Å². The lowest BCUT2D eigenvalue weighted by atomic mass is 10.0. The summed E-state index contributed by atoms with van der Waals surface area (Å²) in [7, 11) is -3.68. The molecule has 0 aliphatic carbocycles. The maximum atomic E-state index is 12.9. The van der Waals surface area contributed by atoms with E-state index in [-0.39, 0.29) is 4.90 Å². The second-order valence-electron chi connectivity index (χ2n) is 7.94. The number of anilines is 1. The van der Waals surface area contributed by atoms with Crippen LogP contribution in [0.15, 0.2) is 58.4 Å². The highest BCUT2D eigenvalue weighted by Gasteiger charge is 2.16. The van der Waals surface area contributed by atoms with Crippen molar-refractivity contribution in [1.29, 1.82) is 0 Å². The summed E-state index contributed by atoms with van der Waals surface area (Å²) in [5.41, 5.74) is 8.90. The Balaban J connectivity index is 1.83. The van der Waals surface area contributed by atoms with Crippen molar-refractivity contribution in [3.63, 3.8) is 0 Å². The van der Waals surface area contributed by atoms with Gasteiger partial charge in [-0.1, -0.05) is 35.4 Å². The Labute approximate surface area is 179 Å². The van der Waals surface area contributed by atoms with E-state index < -0.39 is 10.0 Å². The highest BCUT2D eigenvalue weighted by molar-refractivity contribution is 7.92. The van der Waals surface area contributed by atoms with Crippen LogP contribution in [0, 0.1) is 41.5 Å². The fourth-order valence-electron chi connectivity index (χ4n) is 3.78. The predicted octanol–water partition coefficient (Wildman–Crippen LogP) is 6.09. The maximum absolute atomic E-state index is 12.9. The molecule has 0 amide bonds. The maximum Gasteiger partial charge on any atom is 0.261 e. The van der Waals surface area contributed by atoms with Crippen LogP contribution in [-0.4, -0.2) is 14.6 Å². The molecule has 1 N–H and O–H groups in total. The summed E-state index contributed by atoms with van der Waals surface area (Å²) in [4.78, 5) is 4.74. The molecule has 30 heavy (non-hydrogen) atoms. The lowest BCUT2D eigenvalue weighted by molar-refractivity contribution is 0.601. The minimum absolute atomic E-state index is 0.212. The molecule has 3 rings (SSSR count). The van der Waals surface area contributed by atoms with E-state index in [0.717, 1.165) is 22.3 Å². The number of hydrogen-bond acceptors (Lipinski definition) is 3. The standard InChI is InChI=1S/C25H28N2O2S/c1-16-11-18(3)24(19(4)12-16)15-26-22-7-9-23(10-8-22)30(28,29)27-25-20(5)13-17(2)14-21(25)6/h7-15,27H,1-6H3. The van der Waals surface area contributed by atoms with Gasteiger partial charge in [0.25, 0.3) is 10.0 Å². The smallest absolute Gasteiger partial charge is 0.261 e. The van der Waals surface area contributed by atoms with Gasteiger partial charge in [-0.3, -0.25) is 9.71 Å². The van der Waals surface area contributed by atoms with Crippen molar-refractivity contribution in [2.75, 3.05) is 4.72 Å². The third-order valence-corrected chi connectivity index (χ3v) is 6.51. The molecule has 156 valence electrons. The third kappa shape index (κ3) is 4.79. The molecular formula is C25H28N2O2S. The van der Waals surface area contributed by atoms with Gasteiger partial charge in [-0.15, -0.1) is 0 Å². The van der Waals surface area contributed by atoms with Crippen molar-refractivity contribution in [3.05, 3.63) is 87.5 Å². The van der Waals surface area contributed by atoms with Gasteiger partial charge in [0.15, 0.2) is 0 Å². The van der Waals surface area contributed by atoms with Gasteiger partial charge in [0, 0.05) is 6.21 Å². The first-order valence-corrected chi connectivity index (χ1v) is 11.4. The summed E-state index contributed by atoms with van der Waals surface area (Å²) in [5, 5.41) is 0. The van der Waals surface area contributed by atoms with Gasteiger partial charge in [0.2, 0.25) is 0 Å². The zero-order valence-corrected chi connectivity index (χ0v) is 19.2. The van der Waals surface area contributed by atoms with E-state index in [1.54, 1.807) is 24.3 Å². The van der Waals surface area contributed by atoms with Crippen LogP contribution in [0.1, 0.15) is 38.9 Å². The first kappa shape index (κ1) is 21.8. The first-order chi connectivity index (χ1) is 14.1. The highest BCUT2D eigenvalue weighted by Crippen LogP contribution is 2.26. The van der Waals surface area contributed by atoms with Crippen LogP contribution in [0.25, 0.3) is 0 Å². The minimum atomic E-state index is -3.68. The van der Waals surface area contributed by atoms with Crippen LogP contribution >= 0.6 is 0 Å². The van der Waals surface area contributed by atoms with E-state index in [1.165, 1.54) is 16.7 Å². The zero-order valence-electron chi connectivity index (χ0n) is 18.4. The number of nitrogens with zero attached hydrogens (tertiary/aromatic N) is 1. The molecule has 0 saturated heterocycles. The number of aryl methyl sites for hydroxylation is 6. The molecule has 0 unspecified atom stereocenters. The van der Waals surface area contributed by atoms with E-state index in [9.17, 15) is 8.42 Å². The SMILES string of the molecule is Cc1cc(C)c(C=Nc2ccc(S(=O)(=O)Nc3c(C)cc(C)cc3C)cc2)c(C)c1. The molecule has 5 heteroatoms. The molecule has 0 heterocycles. The van der Waals surface area contributed by atoms with Crippen molar-refractivity contribution < 1.29 is 8.42 Å². The number of benzene rings is 3. The molecule has 0 aliphatic heterocycles. The minimum Gasteiger partial charge on any atom is -0.279 e. The Hall–Kier alpha value is -2.92. The van der Waals surface area contributed by atoms with E-state index >= 15 is 0 Å². The molecule has 4 nitrogen and oxygen atoms in total. The molecule has 0 bridgehead atoms. The van der Waals surface area contributed by atoms with Crippen molar-refractivity contribution in [2.24, 2.45) is 4.99 Å². The largest absolute Gasteiger partial charge is 0.279 e. The molecule has 0 aliphatic rings. The summed E-state index contributed by atoms with van der Waals surface area (Å²) in [6.45, 7) is 12.0. The second-order valence-corrected chi connectivity index (χ2v) is 9.63. The van der Waals surface area contributed by atoms with Gasteiger partial charge in [-0.05, 0) is 93.6 Å². The number of sulfonamides is 1. The topological polar surface area (TPSA) is 58.5 Å². The van der Waals surface area contributed by atoms with Crippen LogP contribution in [0.5, 0.6) is 0 Å². The summed E-state index contributed by atoms with van der Waals surface area (Å²) in [6, 6.07) is 14.8. The van der Waals surface area contributed by atoms with E-state index in [1.807, 2.05) is 39.1 Å². The Morgan fingerprint density at radius 1 is 0.733 bits per heavy atom. The van der Waals surface area contributed by atoms with Crippen molar-refractivity contribution in [3.8, 4) is 0 Å². The Morgan fingerprint density at radius 2 is 1.20 bits per heavy atom. The normalized spacial score (nSPS) is 11.8. The lowest BCUT2D eigenvalue weighted by Gasteiger charge is -2.14. The van der Waals surface area contributed by atoms with E-state index in [2.05, 4.69) is 42.6 Å². The van der Waals surface area contributed by atoms with Gasteiger partial charge < -0.3 is 0 Å². The first-order valence-electron chi connectivity index (χ1n) is 9.89. The summed E-state index contributed by atoms with van der Waals surface area (Å²) in [6.07, 6.45) is 1.84. The lowest BCUT2D eigenvalue weighted by Crippen LogP contribution is -2.14. The van der Waals surface area contributed by atoms with Crippen LogP contribution in [0.2, 0.25) is 0 Å². The Bertz CT molecular complexity index is 1180. The number of hydrogen-bond donors (Lipinski definition) is 1. The van der Waals surface area contributed by atoms with Gasteiger partial charge >= 0.3 is 0 Å². The monoisotopic (exact) mass is 420 g/mol. The summed E-state index contributed by atoms with van der Waals surface area (Å²) in [5.74, 6) is 0. The molecular weight excluding hydrogens is 392 g/mol. The van der Waals surface area contributed by atoms with Gasteiger partial charge in [0.05, 0.1) is 16.3 Å². The fraction of sp³-hybridized carbons (Fsp3) is 0.240. The number of aliphatic imine (C=N–C) groups is 1. The number of rotatable bonds is 5. The quantitative estimate of drug-likeness (QED) is 0.508. The molecule has 0 saturated carbocycles. The fourth-order valence-corrected chi connectivity index (χ4v) is 4.98. The Kier molecular flexibility index (Phi) is 6.13. The Morgan fingerprint density at radius 3 is 1.70 bits per heavy atom.